The van der Waals surface area contributed by atoms with Gasteiger partial charge in [0.15, 0.2) is 0 Å². The lowest BCUT2D eigenvalue weighted by atomic mass is 9.94. The quantitative estimate of drug-likeness (QED) is 0.548. The highest BCUT2D eigenvalue weighted by atomic mass is 32.2. The number of thioether (sulfide) groups is 1. The highest BCUT2D eigenvalue weighted by Gasteiger charge is 2.22. The molecule has 1 aliphatic rings. The Morgan fingerprint density at radius 3 is 2.50 bits per heavy atom. The van der Waals surface area contributed by atoms with E-state index in [9.17, 15) is 0 Å². The minimum atomic E-state index is 0.664. The number of thiocarbonyl (C=S) groups is 1. The van der Waals surface area contributed by atoms with Crippen molar-refractivity contribution >= 4 is 28.3 Å². The van der Waals surface area contributed by atoms with E-state index >= 15 is 0 Å². The molecule has 0 radical (unpaired) electrons. The molecule has 16 heavy (non-hydrogen) atoms. The molecular weight excluding hydrogens is 234 g/mol. The lowest BCUT2D eigenvalue weighted by molar-refractivity contribution is 0.264. The highest BCUT2D eigenvalue weighted by Crippen LogP contribution is 2.25. The van der Waals surface area contributed by atoms with Gasteiger partial charge in [-0.05, 0) is 25.5 Å². The smallest absolute Gasteiger partial charge is 0.136 e. The molecule has 0 unspecified atom stereocenters. The second kappa shape index (κ2) is 7.33. The fourth-order valence-electron chi connectivity index (χ4n) is 2.23. The number of hydrogen-bond acceptors (Lipinski definition) is 2. The van der Waals surface area contributed by atoms with E-state index in [-0.39, 0.29) is 0 Å². The Kier molecular flexibility index (Phi) is 6.44. The van der Waals surface area contributed by atoms with E-state index in [2.05, 4.69) is 25.3 Å². The van der Waals surface area contributed by atoms with Gasteiger partial charge in [-0.3, -0.25) is 0 Å². The van der Waals surface area contributed by atoms with E-state index in [4.69, 9.17) is 12.2 Å². The maximum Gasteiger partial charge on any atom is 0.136 e. The maximum atomic E-state index is 5.52. The minimum Gasteiger partial charge on any atom is -0.351 e. The van der Waals surface area contributed by atoms with Crippen LogP contribution in [0.1, 0.15) is 46.0 Å². The lowest BCUT2D eigenvalue weighted by Crippen LogP contribution is -2.40. The second-order valence-electron chi connectivity index (χ2n) is 4.58. The summed E-state index contributed by atoms with van der Waals surface area (Å²) in [4.78, 5) is 2.41. The average Bonchev–Trinajstić information content (AvgIpc) is 2.27. The van der Waals surface area contributed by atoms with Gasteiger partial charge < -0.3 is 4.90 Å². The zero-order valence-corrected chi connectivity index (χ0v) is 12.1. The van der Waals surface area contributed by atoms with Crippen molar-refractivity contribution in [1.82, 2.24) is 4.90 Å². The van der Waals surface area contributed by atoms with Gasteiger partial charge in [0, 0.05) is 12.6 Å². The van der Waals surface area contributed by atoms with Crippen LogP contribution in [-0.2, 0) is 0 Å². The first-order chi connectivity index (χ1) is 7.65. The second-order valence-corrected chi connectivity index (χ2v) is 6.47. The summed E-state index contributed by atoms with van der Waals surface area (Å²) in [7, 11) is 0. The fraction of sp³-hybridized carbons (Fsp3) is 0.769. The number of hydrogen-bond donors (Lipinski definition) is 0. The van der Waals surface area contributed by atoms with Gasteiger partial charge in [-0.2, -0.15) is 0 Å². The molecule has 0 spiro atoms. The van der Waals surface area contributed by atoms with Crippen molar-refractivity contribution in [3.63, 3.8) is 0 Å². The van der Waals surface area contributed by atoms with E-state index in [0.29, 0.717) is 6.04 Å². The third-order valence-electron chi connectivity index (χ3n) is 2.96. The highest BCUT2D eigenvalue weighted by molar-refractivity contribution is 8.22. The zero-order chi connectivity index (χ0) is 12.0. The minimum absolute atomic E-state index is 0.664. The largest absolute Gasteiger partial charge is 0.351 e. The molecular formula is C13H23NS2. The van der Waals surface area contributed by atoms with Crippen LogP contribution in [0.2, 0.25) is 0 Å². The summed E-state index contributed by atoms with van der Waals surface area (Å²) in [5.41, 5.74) is 1.21. The van der Waals surface area contributed by atoms with Crippen molar-refractivity contribution in [2.45, 2.75) is 52.0 Å². The average molecular weight is 257 g/mol. The van der Waals surface area contributed by atoms with Crippen LogP contribution in [0.3, 0.4) is 0 Å². The van der Waals surface area contributed by atoms with Gasteiger partial charge in [-0.25, -0.2) is 0 Å². The predicted molar refractivity (Wildman–Crippen MR) is 79.1 cm³/mol. The van der Waals surface area contributed by atoms with Crippen molar-refractivity contribution in [2.24, 2.45) is 0 Å². The first kappa shape index (κ1) is 14.0. The summed E-state index contributed by atoms with van der Waals surface area (Å²) in [5, 5.41) is 0. The molecule has 0 bridgehead atoms. The Labute approximate surface area is 110 Å². The Hall–Kier alpha value is -0.0200. The third-order valence-corrected chi connectivity index (χ3v) is 4.32. The van der Waals surface area contributed by atoms with Crippen molar-refractivity contribution in [3.8, 4) is 0 Å². The molecule has 0 saturated heterocycles. The van der Waals surface area contributed by atoms with Gasteiger partial charge in [0.2, 0.25) is 0 Å². The SMILES string of the molecule is C=C(C)CN(C(=S)SCC)C1CCCCC1. The van der Waals surface area contributed by atoms with Gasteiger partial charge in [0.25, 0.3) is 0 Å². The Bertz CT molecular complexity index is 244. The molecule has 0 heterocycles. The molecule has 1 nitrogen and oxygen atoms in total. The molecule has 0 atom stereocenters. The van der Waals surface area contributed by atoms with Gasteiger partial charge in [-0.15, -0.1) is 0 Å². The van der Waals surface area contributed by atoms with Gasteiger partial charge >= 0.3 is 0 Å². The van der Waals surface area contributed by atoms with Crippen molar-refractivity contribution in [3.05, 3.63) is 12.2 Å². The van der Waals surface area contributed by atoms with E-state index in [1.54, 1.807) is 11.8 Å². The molecule has 0 aliphatic heterocycles. The standard InChI is InChI=1S/C13H23NS2/c1-4-16-13(15)14(10-11(2)3)12-8-6-5-7-9-12/h12H,2,4-10H2,1,3H3. The first-order valence-corrected chi connectivity index (χ1v) is 7.62. The van der Waals surface area contributed by atoms with Crippen LogP contribution in [0.25, 0.3) is 0 Å². The van der Waals surface area contributed by atoms with Crippen LogP contribution in [0, 0.1) is 0 Å². The fourth-order valence-corrected chi connectivity index (χ4v) is 3.43. The molecule has 1 fully saturated rings. The number of nitrogens with zero attached hydrogens (tertiary/aromatic N) is 1. The molecule has 0 aromatic carbocycles. The topological polar surface area (TPSA) is 3.24 Å². The monoisotopic (exact) mass is 257 g/mol. The number of rotatable bonds is 4. The summed E-state index contributed by atoms with van der Waals surface area (Å²) in [5.74, 6) is 1.07. The van der Waals surface area contributed by atoms with Gasteiger partial charge in [-0.1, -0.05) is 62.3 Å². The van der Waals surface area contributed by atoms with Crippen LogP contribution in [-0.4, -0.2) is 27.6 Å². The molecule has 3 heteroatoms. The molecule has 0 N–H and O–H groups in total. The van der Waals surface area contributed by atoms with E-state index in [1.165, 1.54) is 37.7 Å². The van der Waals surface area contributed by atoms with Crippen LogP contribution in [0.5, 0.6) is 0 Å². The Balaban J connectivity index is 2.60. The summed E-state index contributed by atoms with van der Waals surface area (Å²) >= 11 is 7.31. The van der Waals surface area contributed by atoms with Gasteiger partial charge in [0.1, 0.15) is 4.32 Å². The Morgan fingerprint density at radius 2 is 2.00 bits per heavy atom. The van der Waals surface area contributed by atoms with Crippen LogP contribution in [0.15, 0.2) is 12.2 Å². The summed E-state index contributed by atoms with van der Waals surface area (Å²) in [6.07, 6.45) is 6.72. The van der Waals surface area contributed by atoms with Crippen molar-refractivity contribution in [2.75, 3.05) is 12.3 Å². The predicted octanol–water partition coefficient (Wildman–Crippen LogP) is 4.24. The van der Waals surface area contributed by atoms with Gasteiger partial charge in [0.05, 0.1) is 0 Å². The summed E-state index contributed by atoms with van der Waals surface area (Å²) in [6, 6.07) is 0.664. The molecule has 1 aliphatic carbocycles. The molecule has 1 rings (SSSR count). The van der Waals surface area contributed by atoms with Crippen LogP contribution < -0.4 is 0 Å². The van der Waals surface area contributed by atoms with E-state index in [1.807, 2.05) is 0 Å². The first-order valence-electron chi connectivity index (χ1n) is 6.23. The van der Waals surface area contributed by atoms with E-state index < -0.39 is 0 Å². The molecule has 0 aromatic heterocycles. The maximum absolute atomic E-state index is 5.52. The molecule has 92 valence electrons. The van der Waals surface area contributed by atoms with Crippen LogP contribution >= 0.6 is 24.0 Å². The summed E-state index contributed by atoms with van der Waals surface area (Å²) < 4.78 is 1.07. The zero-order valence-electron chi connectivity index (χ0n) is 10.5. The van der Waals surface area contributed by atoms with Crippen LogP contribution in [0.4, 0.5) is 0 Å². The van der Waals surface area contributed by atoms with E-state index in [0.717, 1.165) is 16.6 Å². The summed E-state index contributed by atoms with van der Waals surface area (Å²) in [6.45, 7) is 9.22. The lowest BCUT2D eigenvalue weighted by Gasteiger charge is -2.36. The molecule has 0 amide bonds. The van der Waals surface area contributed by atoms with Crippen molar-refractivity contribution in [1.29, 1.82) is 0 Å². The molecule has 1 saturated carbocycles. The third kappa shape index (κ3) is 4.46. The normalized spacial score (nSPS) is 17.1. The molecule has 0 aromatic rings. The Morgan fingerprint density at radius 1 is 1.38 bits per heavy atom. The van der Waals surface area contributed by atoms with Crippen molar-refractivity contribution < 1.29 is 0 Å².